The van der Waals surface area contributed by atoms with Crippen molar-refractivity contribution in [3.63, 3.8) is 0 Å². The number of hydrogen-bond donors (Lipinski definition) is 1. The van der Waals surface area contributed by atoms with E-state index in [9.17, 15) is 8.78 Å². The van der Waals surface area contributed by atoms with Gasteiger partial charge in [-0.2, -0.15) is 5.26 Å². The highest BCUT2D eigenvalue weighted by molar-refractivity contribution is 5.47. The van der Waals surface area contributed by atoms with Crippen LogP contribution in [0.2, 0.25) is 0 Å². The molecule has 1 fully saturated rings. The Bertz CT molecular complexity index is 502. The molecule has 1 saturated carbocycles. The molecule has 0 amide bonds. The van der Waals surface area contributed by atoms with E-state index >= 15 is 0 Å². The molecule has 1 aromatic rings. The number of nitriles is 1. The Morgan fingerprint density at radius 2 is 1.95 bits per heavy atom. The molecule has 2 N–H and O–H groups in total. The number of nitrogens with two attached hydrogens (primary N) is 1. The summed E-state index contributed by atoms with van der Waals surface area (Å²) in [5, 5.41) is 8.98. The topological polar surface area (TPSA) is 53.0 Å². The summed E-state index contributed by atoms with van der Waals surface area (Å²) in [7, 11) is 1.85. The smallest absolute Gasteiger partial charge is 0.160 e. The molecule has 0 radical (unpaired) electrons. The summed E-state index contributed by atoms with van der Waals surface area (Å²) in [5.41, 5.74) is 5.83. The summed E-state index contributed by atoms with van der Waals surface area (Å²) in [5.74, 6) is -1.68. The fourth-order valence-electron chi connectivity index (χ4n) is 2.53. The van der Waals surface area contributed by atoms with E-state index in [4.69, 9.17) is 11.0 Å². The monoisotopic (exact) mass is 265 g/mol. The van der Waals surface area contributed by atoms with Crippen LogP contribution in [0.5, 0.6) is 0 Å². The first kappa shape index (κ1) is 13.8. The van der Waals surface area contributed by atoms with Crippen molar-refractivity contribution < 1.29 is 8.78 Å². The van der Waals surface area contributed by atoms with Gasteiger partial charge in [-0.15, -0.1) is 0 Å². The van der Waals surface area contributed by atoms with E-state index in [-0.39, 0.29) is 6.04 Å². The molecule has 1 aliphatic carbocycles. The SMILES string of the molecule is CN(c1ccc(F)c(F)c1)C1CCC(N)(C#N)CC1. The van der Waals surface area contributed by atoms with Crippen molar-refractivity contribution in [2.24, 2.45) is 5.73 Å². The fourth-order valence-corrected chi connectivity index (χ4v) is 2.53. The van der Waals surface area contributed by atoms with Gasteiger partial charge in [0, 0.05) is 24.8 Å². The molecule has 0 aromatic heterocycles. The summed E-state index contributed by atoms with van der Waals surface area (Å²) in [6.07, 6.45) is 2.81. The minimum Gasteiger partial charge on any atom is -0.372 e. The molecule has 0 bridgehead atoms. The predicted molar refractivity (Wildman–Crippen MR) is 69.5 cm³/mol. The molecular formula is C14H17F2N3. The molecular weight excluding hydrogens is 248 g/mol. The number of rotatable bonds is 2. The molecule has 0 atom stereocenters. The highest BCUT2D eigenvalue weighted by atomic mass is 19.2. The quantitative estimate of drug-likeness (QED) is 0.894. The van der Waals surface area contributed by atoms with Gasteiger partial charge in [0.05, 0.1) is 6.07 Å². The first-order valence-electron chi connectivity index (χ1n) is 6.33. The maximum absolute atomic E-state index is 13.2. The van der Waals surface area contributed by atoms with Gasteiger partial charge in [-0.05, 0) is 37.8 Å². The Labute approximate surface area is 111 Å². The standard InChI is InChI=1S/C14H17F2N3/c1-19(11-2-3-12(15)13(16)8-11)10-4-6-14(18,9-17)7-5-10/h2-3,8,10H,4-7,18H2,1H3. The molecule has 19 heavy (non-hydrogen) atoms. The average molecular weight is 265 g/mol. The van der Waals surface area contributed by atoms with Crippen LogP contribution in [0.3, 0.4) is 0 Å². The van der Waals surface area contributed by atoms with Gasteiger partial charge in [0.15, 0.2) is 11.6 Å². The zero-order valence-electron chi connectivity index (χ0n) is 10.9. The zero-order chi connectivity index (χ0) is 14.0. The largest absolute Gasteiger partial charge is 0.372 e. The van der Waals surface area contributed by atoms with E-state index in [0.29, 0.717) is 18.5 Å². The lowest BCUT2D eigenvalue weighted by Crippen LogP contribution is -2.46. The third-order valence-corrected chi connectivity index (χ3v) is 3.93. The van der Waals surface area contributed by atoms with Crippen molar-refractivity contribution >= 4 is 5.69 Å². The third-order valence-electron chi connectivity index (χ3n) is 3.93. The van der Waals surface area contributed by atoms with Gasteiger partial charge in [0.1, 0.15) is 5.54 Å². The number of hydrogen-bond acceptors (Lipinski definition) is 3. The molecule has 0 aliphatic heterocycles. The van der Waals surface area contributed by atoms with Crippen molar-refractivity contribution in [3.8, 4) is 6.07 Å². The van der Waals surface area contributed by atoms with Crippen LogP contribution in [0.1, 0.15) is 25.7 Å². The van der Waals surface area contributed by atoms with Crippen LogP contribution in [0.15, 0.2) is 18.2 Å². The van der Waals surface area contributed by atoms with Gasteiger partial charge in [-0.3, -0.25) is 0 Å². The van der Waals surface area contributed by atoms with Crippen LogP contribution in [0.25, 0.3) is 0 Å². The summed E-state index contributed by atoms with van der Waals surface area (Å²) in [4.78, 5) is 1.93. The van der Waals surface area contributed by atoms with Gasteiger partial charge < -0.3 is 10.6 Å². The molecule has 5 heteroatoms. The second-order valence-corrected chi connectivity index (χ2v) is 5.21. The normalized spacial score (nSPS) is 26.8. The Morgan fingerprint density at radius 3 is 2.47 bits per heavy atom. The van der Waals surface area contributed by atoms with E-state index in [2.05, 4.69) is 6.07 Å². The number of halogens is 2. The molecule has 0 unspecified atom stereocenters. The second-order valence-electron chi connectivity index (χ2n) is 5.21. The van der Waals surface area contributed by atoms with Gasteiger partial charge in [-0.25, -0.2) is 8.78 Å². The summed E-state index contributed by atoms with van der Waals surface area (Å²) in [6.45, 7) is 0. The lowest BCUT2D eigenvalue weighted by Gasteiger charge is -2.37. The Balaban J connectivity index is 2.07. The predicted octanol–water partition coefficient (Wildman–Crippen LogP) is 2.56. The van der Waals surface area contributed by atoms with Crippen molar-refractivity contribution in [2.45, 2.75) is 37.3 Å². The maximum atomic E-state index is 13.2. The van der Waals surface area contributed by atoms with E-state index < -0.39 is 17.2 Å². The van der Waals surface area contributed by atoms with Crippen LogP contribution >= 0.6 is 0 Å². The van der Waals surface area contributed by atoms with Crippen LogP contribution in [0, 0.1) is 23.0 Å². The fraction of sp³-hybridized carbons (Fsp3) is 0.500. The molecule has 0 spiro atoms. The second kappa shape index (κ2) is 5.14. The number of anilines is 1. The molecule has 0 heterocycles. The van der Waals surface area contributed by atoms with Crippen molar-refractivity contribution in [3.05, 3.63) is 29.8 Å². The summed E-state index contributed by atoms with van der Waals surface area (Å²) in [6, 6.07) is 6.24. The molecule has 0 saturated heterocycles. The van der Waals surface area contributed by atoms with Crippen LogP contribution in [-0.4, -0.2) is 18.6 Å². The van der Waals surface area contributed by atoms with Gasteiger partial charge >= 0.3 is 0 Å². The minimum absolute atomic E-state index is 0.204. The van der Waals surface area contributed by atoms with Crippen molar-refractivity contribution in [1.82, 2.24) is 0 Å². The van der Waals surface area contributed by atoms with Crippen LogP contribution in [-0.2, 0) is 0 Å². The van der Waals surface area contributed by atoms with Crippen molar-refractivity contribution in [2.75, 3.05) is 11.9 Å². The van der Waals surface area contributed by atoms with Crippen molar-refractivity contribution in [1.29, 1.82) is 5.26 Å². The third kappa shape index (κ3) is 2.85. The highest BCUT2D eigenvalue weighted by Gasteiger charge is 2.33. The van der Waals surface area contributed by atoms with Gasteiger partial charge in [0.2, 0.25) is 0 Å². The first-order valence-corrected chi connectivity index (χ1v) is 6.33. The lowest BCUT2D eigenvalue weighted by atomic mass is 9.80. The Morgan fingerprint density at radius 1 is 1.32 bits per heavy atom. The van der Waals surface area contributed by atoms with E-state index in [1.807, 2.05) is 11.9 Å². The van der Waals surface area contributed by atoms with E-state index in [0.717, 1.165) is 18.9 Å². The highest BCUT2D eigenvalue weighted by Crippen LogP contribution is 2.31. The van der Waals surface area contributed by atoms with Crippen LogP contribution in [0.4, 0.5) is 14.5 Å². The summed E-state index contributed by atoms with van der Waals surface area (Å²) < 4.78 is 26.1. The summed E-state index contributed by atoms with van der Waals surface area (Å²) >= 11 is 0. The lowest BCUT2D eigenvalue weighted by molar-refractivity contribution is 0.327. The maximum Gasteiger partial charge on any atom is 0.160 e. The Kier molecular flexibility index (Phi) is 3.72. The number of nitrogens with zero attached hydrogens (tertiary/aromatic N) is 2. The molecule has 1 aliphatic rings. The first-order chi connectivity index (χ1) is 8.95. The number of benzene rings is 1. The Hall–Kier alpha value is -1.67. The average Bonchev–Trinajstić information content (AvgIpc) is 2.42. The van der Waals surface area contributed by atoms with E-state index in [1.165, 1.54) is 6.07 Å². The molecule has 102 valence electrons. The minimum atomic E-state index is -0.842. The van der Waals surface area contributed by atoms with E-state index in [1.54, 1.807) is 6.07 Å². The molecule has 2 rings (SSSR count). The van der Waals surface area contributed by atoms with Crippen LogP contribution < -0.4 is 10.6 Å². The molecule has 3 nitrogen and oxygen atoms in total. The zero-order valence-corrected chi connectivity index (χ0v) is 10.9. The molecule has 1 aromatic carbocycles. The van der Waals surface area contributed by atoms with Gasteiger partial charge in [-0.1, -0.05) is 0 Å². The van der Waals surface area contributed by atoms with Gasteiger partial charge in [0.25, 0.3) is 0 Å².